The van der Waals surface area contributed by atoms with Gasteiger partial charge in [-0.3, -0.25) is 0 Å². The molecule has 0 amide bonds. The molecule has 0 saturated carbocycles. The molecular formula is C23H22N8O. The van der Waals surface area contributed by atoms with Crippen molar-refractivity contribution in [3.8, 4) is 34.0 Å². The molecule has 160 valence electrons. The Labute approximate surface area is 184 Å². The molecule has 5 aromatic rings. The standard InChI is InChI=1S/C23H22N8O/c1-23(2,3)31-20-6-4-14(15-10-26-22(24)27-11-15)8-18(20)29-21(31)17-9-16(32)5-7-19(17)30-13-25-12-28-30/h4-13,32H,1-3H3,(H2,24,26,27). The Bertz CT molecular complexity index is 1410. The van der Waals surface area contributed by atoms with Crippen LogP contribution in [0, 0.1) is 0 Å². The van der Waals surface area contributed by atoms with E-state index in [9.17, 15) is 5.11 Å². The Morgan fingerprint density at radius 1 is 0.969 bits per heavy atom. The van der Waals surface area contributed by atoms with Crippen molar-refractivity contribution in [1.82, 2.24) is 34.3 Å². The first-order chi connectivity index (χ1) is 15.3. The van der Waals surface area contributed by atoms with E-state index in [0.29, 0.717) is 0 Å². The van der Waals surface area contributed by atoms with Crippen molar-refractivity contribution in [2.75, 3.05) is 5.73 Å². The molecule has 32 heavy (non-hydrogen) atoms. The van der Waals surface area contributed by atoms with Gasteiger partial charge >= 0.3 is 0 Å². The third-order valence-corrected chi connectivity index (χ3v) is 5.22. The fourth-order valence-corrected chi connectivity index (χ4v) is 3.84. The summed E-state index contributed by atoms with van der Waals surface area (Å²) in [7, 11) is 0. The van der Waals surface area contributed by atoms with E-state index in [1.54, 1.807) is 35.5 Å². The number of nitrogens with zero attached hydrogens (tertiary/aromatic N) is 7. The SMILES string of the molecule is CC(C)(C)n1c(-c2cc(O)ccc2-n2cncn2)nc2cc(-c3cnc(N)nc3)ccc21. The van der Waals surface area contributed by atoms with Gasteiger partial charge in [0.25, 0.3) is 0 Å². The molecule has 3 N–H and O–H groups in total. The summed E-state index contributed by atoms with van der Waals surface area (Å²) in [5.74, 6) is 1.11. The van der Waals surface area contributed by atoms with E-state index >= 15 is 0 Å². The molecule has 0 spiro atoms. The smallest absolute Gasteiger partial charge is 0.219 e. The Hall–Kier alpha value is -4.27. The first kappa shape index (κ1) is 19.7. The lowest BCUT2D eigenvalue weighted by atomic mass is 10.0. The van der Waals surface area contributed by atoms with Crippen molar-refractivity contribution < 1.29 is 5.11 Å². The van der Waals surface area contributed by atoms with E-state index in [2.05, 4.69) is 45.4 Å². The summed E-state index contributed by atoms with van der Waals surface area (Å²) in [5, 5.41) is 14.5. The monoisotopic (exact) mass is 426 g/mol. The fraction of sp³-hybridized carbons (Fsp3) is 0.174. The lowest BCUT2D eigenvalue weighted by molar-refractivity contribution is 0.412. The van der Waals surface area contributed by atoms with Gasteiger partial charge in [0.2, 0.25) is 5.95 Å². The molecule has 0 atom stereocenters. The van der Waals surface area contributed by atoms with Crippen molar-refractivity contribution in [3.63, 3.8) is 0 Å². The predicted molar refractivity (Wildman–Crippen MR) is 122 cm³/mol. The minimum Gasteiger partial charge on any atom is -0.508 e. The lowest BCUT2D eigenvalue weighted by Crippen LogP contribution is -2.23. The summed E-state index contributed by atoms with van der Waals surface area (Å²) >= 11 is 0. The molecule has 0 fully saturated rings. The number of aromatic nitrogens is 7. The Morgan fingerprint density at radius 3 is 2.44 bits per heavy atom. The number of hydrogen-bond donors (Lipinski definition) is 2. The van der Waals surface area contributed by atoms with E-state index < -0.39 is 0 Å². The molecule has 3 heterocycles. The Balaban J connectivity index is 1.77. The van der Waals surface area contributed by atoms with Gasteiger partial charge in [0.1, 0.15) is 24.2 Å². The summed E-state index contributed by atoms with van der Waals surface area (Å²) in [6.45, 7) is 6.37. The van der Waals surface area contributed by atoms with Crippen LogP contribution >= 0.6 is 0 Å². The number of aromatic hydroxyl groups is 1. The molecule has 0 aliphatic heterocycles. The number of imidazole rings is 1. The van der Waals surface area contributed by atoms with Crippen molar-refractivity contribution in [2.45, 2.75) is 26.3 Å². The maximum Gasteiger partial charge on any atom is 0.219 e. The van der Waals surface area contributed by atoms with Gasteiger partial charge in [-0.1, -0.05) is 6.07 Å². The maximum absolute atomic E-state index is 10.3. The van der Waals surface area contributed by atoms with Gasteiger partial charge in [-0.05, 0) is 56.7 Å². The minimum atomic E-state index is -0.277. The maximum atomic E-state index is 10.3. The molecule has 3 aromatic heterocycles. The summed E-state index contributed by atoms with van der Waals surface area (Å²) in [5.41, 5.74) is 10.5. The van der Waals surface area contributed by atoms with Crippen LogP contribution in [0.15, 0.2) is 61.4 Å². The summed E-state index contributed by atoms with van der Waals surface area (Å²) in [4.78, 5) is 17.2. The number of anilines is 1. The first-order valence-corrected chi connectivity index (χ1v) is 10.1. The number of phenols is 1. The molecule has 5 rings (SSSR count). The second-order valence-corrected chi connectivity index (χ2v) is 8.52. The highest BCUT2D eigenvalue weighted by molar-refractivity contribution is 5.87. The number of benzene rings is 2. The molecular weight excluding hydrogens is 404 g/mol. The van der Waals surface area contributed by atoms with Crippen molar-refractivity contribution in [1.29, 1.82) is 0 Å². The van der Waals surface area contributed by atoms with Gasteiger partial charge in [0, 0.05) is 29.1 Å². The Kier molecular flexibility index (Phi) is 4.40. The van der Waals surface area contributed by atoms with Crippen molar-refractivity contribution in [3.05, 3.63) is 61.4 Å². The van der Waals surface area contributed by atoms with Crippen molar-refractivity contribution in [2.24, 2.45) is 0 Å². The zero-order valence-corrected chi connectivity index (χ0v) is 17.9. The van der Waals surface area contributed by atoms with Gasteiger partial charge < -0.3 is 15.4 Å². The Morgan fingerprint density at radius 2 is 1.75 bits per heavy atom. The average Bonchev–Trinajstić information content (AvgIpc) is 3.41. The second kappa shape index (κ2) is 7.16. The van der Waals surface area contributed by atoms with E-state index in [0.717, 1.165) is 39.2 Å². The second-order valence-electron chi connectivity index (χ2n) is 8.52. The van der Waals surface area contributed by atoms with Crippen molar-refractivity contribution >= 4 is 17.0 Å². The highest BCUT2D eigenvalue weighted by Crippen LogP contribution is 2.36. The van der Waals surface area contributed by atoms with Crippen LogP contribution < -0.4 is 5.73 Å². The molecule has 0 aliphatic rings. The van der Waals surface area contributed by atoms with Gasteiger partial charge in [-0.25, -0.2) is 24.6 Å². The molecule has 9 heteroatoms. The van der Waals surface area contributed by atoms with E-state index in [1.165, 1.54) is 6.33 Å². The van der Waals surface area contributed by atoms with Crippen LogP contribution in [-0.4, -0.2) is 39.4 Å². The van der Waals surface area contributed by atoms with Gasteiger partial charge in [-0.15, -0.1) is 0 Å². The molecule has 0 radical (unpaired) electrons. The third-order valence-electron chi connectivity index (χ3n) is 5.22. The van der Waals surface area contributed by atoms with Crippen LogP contribution in [0.1, 0.15) is 20.8 Å². The van der Waals surface area contributed by atoms with Crippen LogP contribution in [0.5, 0.6) is 5.75 Å². The largest absolute Gasteiger partial charge is 0.508 e. The zero-order chi connectivity index (χ0) is 22.5. The summed E-state index contributed by atoms with van der Waals surface area (Å²) in [6.07, 6.45) is 6.50. The lowest BCUT2D eigenvalue weighted by Gasteiger charge is -2.25. The highest BCUT2D eigenvalue weighted by atomic mass is 16.3. The normalized spacial score (nSPS) is 11.8. The van der Waals surface area contributed by atoms with E-state index in [-0.39, 0.29) is 17.2 Å². The molecule has 0 saturated heterocycles. The number of fused-ring (bicyclic) bond motifs is 1. The summed E-state index contributed by atoms with van der Waals surface area (Å²) in [6, 6.07) is 11.2. The van der Waals surface area contributed by atoms with E-state index in [4.69, 9.17) is 10.7 Å². The minimum absolute atomic E-state index is 0.149. The topological polar surface area (TPSA) is 121 Å². The number of hydrogen-bond acceptors (Lipinski definition) is 7. The van der Waals surface area contributed by atoms with Crippen LogP contribution in [0.4, 0.5) is 5.95 Å². The molecule has 9 nitrogen and oxygen atoms in total. The molecule has 0 unspecified atom stereocenters. The molecule has 0 aliphatic carbocycles. The van der Waals surface area contributed by atoms with Gasteiger partial charge in [0.05, 0.1) is 16.7 Å². The number of rotatable bonds is 3. The van der Waals surface area contributed by atoms with E-state index in [1.807, 2.05) is 24.3 Å². The number of nitrogens with two attached hydrogens (primary N) is 1. The third kappa shape index (κ3) is 3.33. The van der Waals surface area contributed by atoms with Crippen LogP contribution in [0.25, 0.3) is 39.2 Å². The van der Waals surface area contributed by atoms with Gasteiger partial charge in [0.15, 0.2) is 0 Å². The summed E-state index contributed by atoms with van der Waals surface area (Å²) < 4.78 is 3.83. The van der Waals surface area contributed by atoms with Crippen LogP contribution in [-0.2, 0) is 5.54 Å². The van der Waals surface area contributed by atoms with Crippen LogP contribution in [0.2, 0.25) is 0 Å². The van der Waals surface area contributed by atoms with Gasteiger partial charge in [-0.2, -0.15) is 5.10 Å². The first-order valence-electron chi connectivity index (χ1n) is 10.1. The highest BCUT2D eigenvalue weighted by Gasteiger charge is 2.25. The fourth-order valence-electron chi connectivity index (χ4n) is 3.84. The van der Waals surface area contributed by atoms with Crippen LogP contribution in [0.3, 0.4) is 0 Å². The average molecular weight is 426 g/mol. The predicted octanol–water partition coefficient (Wildman–Crippen LogP) is 3.78. The number of nitrogen functional groups attached to an aromatic ring is 1. The quantitative estimate of drug-likeness (QED) is 0.450. The zero-order valence-electron chi connectivity index (χ0n) is 17.9. The molecule has 2 aromatic carbocycles. The molecule has 0 bridgehead atoms. The number of phenolic OH excluding ortho intramolecular Hbond substituents is 1.